The Morgan fingerprint density at radius 2 is 1.94 bits per heavy atom. The van der Waals surface area contributed by atoms with Gasteiger partial charge in [-0.25, -0.2) is 0 Å². The lowest BCUT2D eigenvalue weighted by Crippen LogP contribution is -2.31. The maximum absolute atomic E-state index is 13.6. The van der Waals surface area contributed by atoms with Crippen LogP contribution in [-0.2, 0) is 4.79 Å². The lowest BCUT2D eigenvalue weighted by molar-refractivity contribution is -0.117. The summed E-state index contributed by atoms with van der Waals surface area (Å²) in [6.45, 7) is 3.87. The minimum absolute atomic E-state index is 0.00239. The minimum atomic E-state index is -0.756. The molecule has 1 amide bonds. The standard InChI is InChI=1S/C25H18ClNO4S/c1-13-5-7-17(14(2)10-13)27-22(20-4-3-9-32-20)21(24(29)25(27)30)23(28)19-12-15-11-16(26)6-8-18(15)31-19/h3-12,22,29H,1-2H3. The monoisotopic (exact) mass is 463 g/mol. The van der Waals surface area contributed by atoms with Crippen LogP contribution in [0, 0.1) is 13.8 Å². The Morgan fingerprint density at radius 3 is 2.66 bits per heavy atom. The number of furan rings is 1. The van der Waals surface area contributed by atoms with E-state index in [9.17, 15) is 14.7 Å². The van der Waals surface area contributed by atoms with E-state index in [4.69, 9.17) is 16.0 Å². The average Bonchev–Trinajstić information content (AvgIpc) is 3.47. The van der Waals surface area contributed by atoms with Crippen molar-refractivity contribution >= 4 is 51.3 Å². The summed E-state index contributed by atoms with van der Waals surface area (Å²) in [5.74, 6) is -1.67. The highest BCUT2D eigenvalue weighted by Gasteiger charge is 2.46. The number of thiophene rings is 1. The van der Waals surface area contributed by atoms with E-state index in [0.717, 1.165) is 16.0 Å². The summed E-state index contributed by atoms with van der Waals surface area (Å²) in [7, 11) is 0. The quantitative estimate of drug-likeness (QED) is 0.348. The molecule has 1 N–H and O–H groups in total. The Kier molecular flexibility index (Phi) is 4.92. The molecular formula is C25H18ClNO4S. The van der Waals surface area contributed by atoms with Gasteiger partial charge in [0.2, 0.25) is 5.78 Å². The van der Waals surface area contributed by atoms with Crippen molar-refractivity contribution in [3.63, 3.8) is 0 Å². The predicted octanol–water partition coefficient (Wildman–Crippen LogP) is 6.55. The minimum Gasteiger partial charge on any atom is -0.503 e. The highest BCUT2D eigenvalue weighted by molar-refractivity contribution is 7.10. The van der Waals surface area contributed by atoms with Gasteiger partial charge in [-0.15, -0.1) is 11.3 Å². The number of fused-ring (bicyclic) bond motifs is 1. The number of anilines is 1. The topological polar surface area (TPSA) is 70.8 Å². The molecule has 0 spiro atoms. The van der Waals surface area contributed by atoms with Crippen LogP contribution in [-0.4, -0.2) is 16.8 Å². The maximum atomic E-state index is 13.6. The number of hydrogen-bond donors (Lipinski definition) is 1. The van der Waals surface area contributed by atoms with Gasteiger partial charge in [0.1, 0.15) is 11.6 Å². The van der Waals surface area contributed by atoms with Crippen LogP contribution in [0.3, 0.4) is 0 Å². The maximum Gasteiger partial charge on any atom is 0.294 e. The first-order valence-electron chi connectivity index (χ1n) is 9.96. The zero-order chi connectivity index (χ0) is 22.6. The van der Waals surface area contributed by atoms with E-state index in [1.165, 1.54) is 16.2 Å². The van der Waals surface area contributed by atoms with Crippen LogP contribution in [0.15, 0.2) is 75.7 Å². The molecule has 0 saturated carbocycles. The first-order valence-corrected chi connectivity index (χ1v) is 11.2. The second-order valence-corrected chi connectivity index (χ2v) is 9.18. The molecule has 7 heteroatoms. The molecule has 5 rings (SSSR count). The van der Waals surface area contributed by atoms with Crippen LogP contribution < -0.4 is 4.90 Å². The summed E-state index contributed by atoms with van der Waals surface area (Å²) in [5.41, 5.74) is 3.08. The van der Waals surface area contributed by atoms with Gasteiger partial charge in [0.25, 0.3) is 5.91 Å². The molecule has 1 atom stereocenters. The fourth-order valence-electron chi connectivity index (χ4n) is 4.14. The molecule has 0 saturated heterocycles. The number of carbonyl (C=O) groups is 2. The summed E-state index contributed by atoms with van der Waals surface area (Å²) in [6.07, 6.45) is 0. The van der Waals surface area contributed by atoms with E-state index in [1.807, 2.05) is 49.6 Å². The highest BCUT2D eigenvalue weighted by Crippen LogP contribution is 2.44. The zero-order valence-corrected chi connectivity index (χ0v) is 18.8. The normalized spacial score (nSPS) is 16.4. The molecule has 0 radical (unpaired) electrons. The van der Waals surface area contributed by atoms with Crippen molar-refractivity contribution in [3.05, 3.63) is 98.1 Å². The van der Waals surface area contributed by atoms with Crippen LogP contribution in [0.1, 0.15) is 32.6 Å². The van der Waals surface area contributed by atoms with Crippen molar-refractivity contribution in [1.29, 1.82) is 0 Å². The van der Waals surface area contributed by atoms with Crippen molar-refractivity contribution in [3.8, 4) is 0 Å². The van der Waals surface area contributed by atoms with Crippen molar-refractivity contribution < 1.29 is 19.1 Å². The van der Waals surface area contributed by atoms with Crippen LogP contribution in [0.5, 0.6) is 0 Å². The first kappa shape index (κ1) is 20.5. The molecule has 1 unspecified atom stereocenters. The molecule has 5 nitrogen and oxygen atoms in total. The molecule has 160 valence electrons. The van der Waals surface area contributed by atoms with E-state index < -0.39 is 23.5 Å². The van der Waals surface area contributed by atoms with Gasteiger partial charge >= 0.3 is 0 Å². The molecule has 4 aromatic rings. The summed E-state index contributed by atoms with van der Waals surface area (Å²) in [6, 6.07) is 15.3. The summed E-state index contributed by atoms with van der Waals surface area (Å²) in [4.78, 5) is 29.1. The number of aliphatic hydroxyl groups is 1. The molecule has 2 aromatic heterocycles. The Balaban J connectivity index is 1.65. The lowest BCUT2D eigenvalue weighted by Gasteiger charge is -2.27. The van der Waals surface area contributed by atoms with Crippen molar-refractivity contribution in [2.24, 2.45) is 0 Å². The fraction of sp³-hybridized carbons (Fsp3) is 0.120. The number of ketones is 1. The van der Waals surface area contributed by atoms with Crippen LogP contribution in [0.4, 0.5) is 5.69 Å². The van der Waals surface area contributed by atoms with Crippen molar-refractivity contribution in [2.45, 2.75) is 19.9 Å². The van der Waals surface area contributed by atoms with Crippen molar-refractivity contribution in [1.82, 2.24) is 0 Å². The van der Waals surface area contributed by atoms with Gasteiger partial charge in [-0.1, -0.05) is 35.4 Å². The molecule has 0 bridgehead atoms. The molecule has 1 aliphatic rings. The number of aryl methyl sites for hydroxylation is 2. The predicted molar refractivity (Wildman–Crippen MR) is 126 cm³/mol. The Labute approximate surface area is 193 Å². The Bertz CT molecular complexity index is 1420. The molecule has 0 aliphatic carbocycles. The summed E-state index contributed by atoms with van der Waals surface area (Å²) in [5, 5.41) is 13.9. The highest BCUT2D eigenvalue weighted by atomic mass is 35.5. The number of nitrogens with zero attached hydrogens (tertiary/aromatic N) is 1. The number of rotatable bonds is 4. The van der Waals surface area contributed by atoms with Gasteiger partial charge in [0, 0.05) is 21.0 Å². The third-order valence-electron chi connectivity index (χ3n) is 5.58. The number of aliphatic hydroxyl groups excluding tert-OH is 1. The van der Waals surface area contributed by atoms with E-state index in [0.29, 0.717) is 21.7 Å². The van der Waals surface area contributed by atoms with Crippen LogP contribution in [0.2, 0.25) is 5.02 Å². The zero-order valence-electron chi connectivity index (χ0n) is 17.3. The van der Waals surface area contributed by atoms with Crippen LogP contribution in [0.25, 0.3) is 11.0 Å². The van der Waals surface area contributed by atoms with E-state index >= 15 is 0 Å². The summed E-state index contributed by atoms with van der Waals surface area (Å²) < 4.78 is 5.75. The fourth-order valence-corrected chi connectivity index (χ4v) is 5.14. The molecule has 2 aromatic carbocycles. The van der Waals surface area contributed by atoms with Gasteiger partial charge in [-0.05, 0) is 61.2 Å². The molecule has 1 aliphatic heterocycles. The number of halogens is 1. The largest absolute Gasteiger partial charge is 0.503 e. The molecule has 3 heterocycles. The number of amides is 1. The van der Waals surface area contributed by atoms with Gasteiger partial charge in [0.15, 0.2) is 11.5 Å². The molecular weight excluding hydrogens is 446 g/mol. The van der Waals surface area contributed by atoms with Gasteiger partial charge in [0.05, 0.1) is 5.57 Å². The number of carbonyl (C=O) groups excluding carboxylic acids is 2. The van der Waals surface area contributed by atoms with Gasteiger partial charge in [-0.2, -0.15) is 0 Å². The molecule has 32 heavy (non-hydrogen) atoms. The van der Waals surface area contributed by atoms with E-state index in [-0.39, 0.29) is 11.3 Å². The SMILES string of the molecule is Cc1ccc(N2C(=O)C(O)=C(C(=O)c3cc4cc(Cl)ccc4o3)C2c2cccs2)c(C)c1. The van der Waals surface area contributed by atoms with E-state index in [1.54, 1.807) is 24.3 Å². The van der Waals surface area contributed by atoms with Gasteiger partial charge < -0.3 is 9.52 Å². The number of benzene rings is 2. The second-order valence-electron chi connectivity index (χ2n) is 7.77. The Hall–Kier alpha value is -3.35. The third kappa shape index (κ3) is 3.23. The smallest absolute Gasteiger partial charge is 0.294 e. The first-order chi connectivity index (χ1) is 15.3. The van der Waals surface area contributed by atoms with Gasteiger partial charge in [-0.3, -0.25) is 14.5 Å². The average molecular weight is 464 g/mol. The lowest BCUT2D eigenvalue weighted by atomic mass is 9.99. The summed E-state index contributed by atoms with van der Waals surface area (Å²) >= 11 is 7.47. The number of Topliss-reactive ketones (excluding diaryl/α,β-unsaturated/α-hetero) is 1. The van der Waals surface area contributed by atoms with E-state index in [2.05, 4.69) is 0 Å². The van der Waals surface area contributed by atoms with Crippen LogP contribution >= 0.6 is 22.9 Å². The van der Waals surface area contributed by atoms with Crippen molar-refractivity contribution in [2.75, 3.05) is 4.90 Å². The Morgan fingerprint density at radius 1 is 1.12 bits per heavy atom. The number of hydrogen-bond acceptors (Lipinski definition) is 5. The third-order valence-corrected chi connectivity index (χ3v) is 6.74. The molecule has 0 fully saturated rings. The second kappa shape index (κ2) is 7.65.